The van der Waals surface area contributed by atoms with Gasteiger partial charge in [-0.3, -0.25) is 24.7 Å². The maximum Gasteiger partial charge on any atom is 0.286 e. The fourth-order valence-corrected chi connectivity index (χ4v) is 2.10. The molecule has 1 heterocycles. The molecular formula is C19H26N4O4. The van der Waals surface area contributed by atoms with Crippen LogP contribution in [0.3, 0.4) is 0 Å². The normalized spacial score (nSPS) is 17.4. The minimum atomic E-state index is -0.567. The average Bonchev–Trinajstić information content (AvgIpc) is 2.57. The van der Waals surface area contributed by atoms with E-state index in [-0.39, 0.29) is 35.7 Å². The van der Waals surface area contributed by atoms with Crippen molar-refractivity contribution in [3.8, 4) is 0 Å². The van der Waals surface area contributed by atoms with Gasteiger partial charge in [0.2, 0.25) is 5.91 Å². The van der Waals surface area contributed by atoms with Crippen molar-refractivity contribution in [2.75, 3.05) is 13.6 Å². The lowest BCUT2D eigenvalue weighted by Gasteiger charge is -2.29. The predicted octanol–water partition coefficient (Wildman–Crippen LogP) is 1.39. The number of piperidine rings is 1. The minimum Gasteiger partial charge on any atom is -0.436 e. The molecule has 146 valence electrons. The molecule has 1 unspecified atom stereocenters. The summed E-state index contributed by atoms with van der Waals surface area (Å²) in [6.45, 7) is 14.6. The van der Waals surface area contributed by atoms with E-state index in [1.807, 2.05) is 0 Å². The minimum absolute atomic E-state index is 0.0368. The van der Waals surface area contributed by atoms with Gasteiger partial charge in [0, 0.05) is 32.3 Å². The summed E-state index contributed by atoms with van der Waals surface area (Å²) in [6, 6.07) is -0.279. The molecule has 1 rings (SSSR count). The number of amides is 3. The molecule has 0 aromatic carbocycles. The molecule has 1 aliphatic heterocycles. The molecule has 0 spiro atoms. The van der Waals surface area contributed by atoms with Crippen molar-refractivity contribution in [1.29, 1.82) is 0 Å². The second-order valence-corrected chi connectivity index (χ2v) is 6.26. The first-order chi connectivity index (χ1) is 12.6. The molecule has 27 heavy (non-hydrogen) atoms. The van der Waals surface area contributed by atoms with E-state index in [2.05, 4.69) is 35.4 Å². The highest BCUT2D eigenvalue weighted by Crippen LogP contribution is 2.11. The van der Waals surface area contributed by atoms with Crippen LogP contribution in [0.15, 0.2) is 54.2 Å². The molecule has 0 aliphatic carbocycles. The van der Waals surface area contributed by atoms with Crippen LogP contribution in [-0.2, 0) is 19.1 Å². The Bertz CT molecular complexity index is 721. The zero-order chi connectivity index (χ0) is 20.6. The number of allylic oxidation sites excluding steroid dienone is 2. The van der Waals surface area contributed by atoms with E-state index in [1.54, 1.807) is 24.9 Å². The number of likely N-dealkylation sites (tertiary alicyclic amines) is 1. The molecule has 2 N–H and O–H groups in total. The van der Waals surface area contributed by atoms with Crippen molar-refractivity contribution >= 4 is 23.4 Å². The van der Waals surface area contributed by atoms with Gasteiger partial charge < -0.3 is 15.0 Å². The lowest BCUT2D eigenvalue weighted by molar-refractivity contribution is -0.133. The van der Waals surface area contributed by atoms with Crippen LogP contribution in [0.5, 0.6) is 0 Å². The van der Waals surface area contributed by atoms with E-state index in [4.69, 9.17) is 4.74 Å². The Labute approximate surface area is 159 Å². The Balaban J connectivity index is 2.48. The number of ether oxygens (including phenoxy) is 1. The maximum atomic E-state index is 12.1. The Hall–Kier alpha value is -3.16. The van der Waals surface area contributed by atoms with Crippen LogP contribution in [0.4, 0.5) is 0 Å². The molecule has 3 amide bonds. The van der Waals surface area contributed by atoms with Gasteiger partial charge in [0.05, 0.1) is 0 Å². The van der Waals surface area contributed by atoms with Crippen LogP contribution >= 0.6 is 0 Å². The van der Waals surface area contributed by atoms with Crippen molar-refractivity contribution in [3.05, 3.63) is 49.2 Å². The van der Waals surface area contributed by atoms with Crippen molar-refractivity contribution in [2.45, 2.75) is 32.7 Å². The number of hydrogen-bond donors (Lipinski definition) is 2. The third-order valence-corrected chi connectivity index (χ3v) is 3.70. The first kappa shape index (κ1) is 21.9. The lowest BCUT2D eigenvalue weighted by Crippen LogP contribution is -2.46. The maximum absolute atomic E-state index is 12.1. The first-order valence-corrected chi connectivity index (χ1v) is 8.38. The summed E-state index contributed by atoms with van der Waals surface area (Å²) in [5.41, 5.74) is 0.977. The molecule has 0 aromatic heterocycles. The SMILES string of the molecule is C=C(C)/C=C\N=C(C)C(=O)NC(=C)OC(=C)C(=O)NC1CCN(C)C(=O)C1. The molecule has 1 atom stereocenters. The molecule has 1 aliphatic rings. The summed E-state index contributed by atoms with van der Waals surface area (Å²) in [5, 5.41) is 5.06. The standard InChI is InChI=1S/C19H26N4O4/c1-12(2)7-9-20-13(3)18(25)21-15(5)27-14(4)19(26)22-16-8-10-23(6)17(24)11-16/h7,9,16H,1,4-5,8,10-11H2,2-3,6H3,(H,21,25)(H,22,26)/b9-7-,20-13?. The van der Waals surface area contributed by atoms with Gasteiger partial charge in [-0.2, -0.15) is 0 Å². The van der Waals surface area contributed by atoms with E-state index in [0.717, 1.165) is 5.57 Å². The van der Waals surface area contributed by atoms with E-state index in [0.29, 0.717) is 13.0 Å². The van der Waals surface area contributed by atoms with Gasteiger partial charge in [-0.1, -0.05) is 18.7 Å². The Morgan fingerprint density at radius 2 is 1.93 bits per heavy atom. The number of carbonyl (C=O) groups excluding carboxylic acids is 3. The number of aliphatic imine (C=N–C) groups is 1. The van der Waals surface area contributed by atoms with Crippen LogP contribution in [0.25, 0.3) is 0 Å². The van der Waals surface area contributed by atoms with Gasteiger partial charge in [0.15, 0.2) is 11.6 Å². The van der Waals surface area contributed by atoms with Gasteiger partial charge in [0.1, 0.15) is 5.71 Å². The molecule has 0 saturated carbocycles. The summed E-state index contributed by atoms with van der Waals surface area (Å²) in [4.78, 5) is 41.3. The van der Waals surface area contributed by atoms with Crippen molar-refractivity contribution in [2.24, 2.45) is 4.99 Å². The Morgan fingerprint density at radius 3 is 2.52 bits per heavy atom. The zero-order valence-electron chi connectivity index (χ0n) is 16.0. The molecular weight excluding hydrogens is 348 g/mol. The van der Waals surface area contributed by atoms with Gasteiger partial charge in [-0.15, -0.1) is 0 Å². The molecule has 0 aromatic rings. The van der Waals surface area contributed by atoms with E-state index >= 15 is 0 Å². The number of nitrogens with zero attached hydrogens (tertiary/aromatic N) is 2. The highest BCUT2D eigenvalue weighted by Gasteiger charge is 2.25. The molecule has 1 saturated heterocycles. The zero-order valence-corrected chi connectivity index (χ0v) is 16.0. The number of nitrogens with one attached hydrogen (secondary N) is 2. The van der Waals surface area contributed by atoms with Crippen molar-refractivity contribution < 1.29 is 19.1 Å². The second kappa shape index (κ2) is 10.1. The summed E-state index contributed by atoms with van der Waals surface area (Å²) >= 11 is 0. The van der Waals surface area contributed by atoms with Crippen LogP contribution in [-0.4, -0.2) is 48.0 Å². The highest BCUT2D eigenvalue weighted by atomic mass is 16.5. The molecule has 1 fully saturated rings. The number of rotatable bonds is 8. The predicted molar refractivity (Wildman–Crippen MR) is 103 cm³/mol. The summed E-state index contributed by atoms with van der Waals surface area (Å²) in [7, 11) is 1.72. The van der Waals surface area contributed by atoms with Crippen LogP contribution in [0.2, 0.25) is 0 Å². The first-order valence-electron chi connectivity index (χ1n) is 8.38. The summed E-state index contributed by atoms with van der Waals surface area (Å²) in [6.07, 6.45) is 3.98. The van der Waals surface area contributed by atoms with Gasteiger partial charge in [0.25, 0.3) is 11.8 Å². The quantitative estimate of drug-likeness (QED) is 0.290. The van der Waals surface area contributed by atoms with Gasteiger partial charge in [-0.05, 0) is 32.9 Å². The Kier molecular flexibility index (Phi) is 8.19. The van der Waals surface area contributed by atoms with Gasteiger partial charge >= 0.3 is 0 Å². The van der Waals surface area contributed by atoms with E-state index in [9.17, 15) is 14.4 Å². The fourth-order valence-electron chi connectivity index (χ4n) is 2.10. The topological polar surface area (TPSA) is 100 Å². The van der Waals surface area contributed by atoms with Crippen LogP contribution < -0.4 is 10.6 Å². The van der Waals surface area contributed by atoms with E-state index in [1.165, 1.54) is 13.1 Å². The average molecular weight is 374 g/mol. The van der Waals surface area contributed by atoms with E-state index < -0.39 is 11.8 Å². The number of hydrogen-bond acceptors (Lipinski definition) is 5. The van der Waals surface area contributed by atoms with Crippen molar-refractivity contribution in [3.63, 3.8) is 0 Å². The van der Waals surface area contributed by atoms with Gasteiger partial charge in [-0.25, -0.2) is 0 Å². The van der Waals surface area contributed by atoms with Crippen LogP contribution in [0.1, 0.15) is 26.7 Å². The smallest absolute Gasteiger partial charge is 0.286 e. The Morgan fingerprint density at radius 1 is 1.26 bits per heavy atom. The molecule has 8 heteroatoms. The molecule has 8 nitrogen and oxygen atoms in total. The molecule has 0 bridgehead atoms. The third kappa shape index (κ3) is 7.72. The highest BCUT2D eigenvalue weighted by molar-refractivity contribution is 6.38. The molecule has 0 radical (unpaired) electrons. The fraction of sp³-hybridized carbons (Fsp3) is 0.368. The number of carbonyl (C=O) groups is 3. The lowest BCUT2D eigenvalue weighted by atomic mass is 10.0. The summed E-state index contributed by atoms with van der Waals surface area (Å²) in [5.74, 6) is -1.52. The summed E-state index contributed by atoms with van der Waals surface area (Å²) < 4.78 is 5.15. The van der Waals surface area contributed by atoms with Crippen LogP contribution in [0, 0.1) is 0 Å². The monoisotopic (exact) mass is 374 g/mol. The van der Waals surface area contributed by atoms with Crippen molar-refractivity contribution in [1.82, 2.24) is 15.5 Å². The largest absolute Gasteiger partial charge is 0.436 e. The second-order valence-electron chi connectivity index (χ2n) is 6.26. The third-order valence-electron chi connectivity index (χ3n) is 3.70.